The molecule has 0 aromatic rings. The van der Waals surface area contributed by atoms with Crippen molar-refractivity contribution in [1.82, 2.24) is 0 Å². The van der Waals surface area contributed by atoms with Crippen molar-refractivity contribution >= 4 is 17.0 Å². The van der Waals surface area contributed by atoms with E-state index < -0.39 is 20.8 Å². The van der Waals surface area contributed by atoms with Crippen LogP contribution in [0.2, 0.25) is 0 Å². The first-order valence-corrected chi connectivity index (χ1v) is 9.13. The molecule has 0 radical (unpaired) electrons. The number of hydrogen-bond donors (Lipinski definition) is 0. The quantitative estimate of drug-likeness (QED) is 0.582. The van der Waals surface area contributed by atoms with Crippen LogP contribution in [0.1, 0.15) is 13.3 Å². The van der Waals surface area contributed by atoms with E-state index in [1.807, 2.05) is 12.2 Å². The van der Waals surface area contributed by atoms with Gasteiger partial charge >= 0.3 is 37.9 Å². The SMILES string of the molecule is [C-]1=CC=CC1.[CH2-]C.[Cl][Zr+2][Cl]. The van der Waals surface area contributed by atoms with E-state index in [-0.39, 0.29) is 0 Å². The van der Waals surface area contributed by atoms with E-state index in [1.54, 1.807) is 6.92 Å². The van der Waals surface area contributed by atoms with E-state index in [2.05, 4.69) is 19.1 Å². The summed E-state index contributed by atoms with van der Waals surface area (Å²) in [6.07, 6.45) is 10.0. The topological polar surface area (TPSA) is 0 Å². The summed E-state index contributed by atoms with van der Waals surface area (Å²) in [6.45, 7) is 5.00. The molecule has 0 spiro atoms. The second kappa shape index (κ2) is 16.5. The Bertz CT molecular complexity index is 79.6. The molecule has 3 heteroatoms. The van der Waals surface area contributed by atoms with Crippen LogP contribution in [0.4, 0.5) is 0 Å². The van der Waals surface area contributed by atoms with Crippen molar-refractivity contribution in [1.29, 1.82) is 0 Å². The molecular weight excluding hydrogens is 246 g/mol. The van der Waals surface area contributed by atoms with Crippen LogP contribution < -0.4 is 0 Å². The molecule has 0 heterocycles. The Morgan fingerprint density at radius 1 is 1.50 bits per heavy atom. The molecule has 0 amide bonds. The molecule has 0 saturated heterocycles. The summed E-state index contributed by atoms with van der Waals surface area (Å²) < 4.78 is 0. The fourth-order valence-corrected chi connectivity index (χ4v) is 0.340. The van der Waals surface area contributed by atoms with Gasteiger partial charge < -0.3 is 6.92 Å². The van der Waals surface area contributed by atoms with Crippen molar-refractivity contribution in [2.45, 2.75) is 13.3 Å². The first-order valence-electron chi connectivity index (χ1n) is 2.80. The Kier molecular flexibility index (Phi) is 22.3. The average Bonchev–Trinajstić information content (AvgIpc) is 2.48. The second-order valence-corrected chi connectivity index (χ2v) is 4.81. The molecule has 0 fully saturated rings. The summed E-state index contributed by atoms with van der Waals surface area (Å²) in [5, 5.41) is 0. The number of rotatable bonds is 0. The molecule has 0 aliphatic heterocycles. The van der Waals surface area contributed by atoms with E-state index in [1.165, 1.54) is 0 Å². The van der Waals surface area contributed by atoms with Gasteiger partial charge in [0, 0.05) is 0 Å². The van der Waals surface area contributed by atoms with Crippen molar-refractivity contribution in [2.24, 2.45) is 0 Å². The molecule has 0 unspecified atom stereocenters. The van der Waals surface area contributed by atoms with Gasteiger partial charge in [-0.15, -0.1) is 6.42 Å². The average molecular weight is 256 g/mol. The predicted molar refractivity (Wildman–Crippen MR) is 44.3 cm³/mol. The summed E-state index contributed by atoms with van der Waals surface area (Å²) in [4.78, 5) is 0. The molecule has 0 aromatic heterocycles. The summed E-state index contributed by atoms with van der Waals surface area (Å²) >= 11 is -0.826. The van der Waals surface area contributed by atoms with Gasteiger partial charge in [-0.05, 0) is 0 Å². The van der Waals surface area contributed by atoms with Crippen LogP contribution in [-0.4, -0.2) is 0 Å². The molecule has 1 aliphatic rings. The molecule has 0 bridgehead atoms. The van der Waals surface area contributed by atoms with Crippen molar-refractivity contribution in [2.75, 3.05) is 0 Å². The van der Waals surface area contributed by atoms with Crippen LogP contribution in [0.15, 0.2) is 18.2 Å². The minimum atomic E-state index is -0.826. The zero-order valence-electron chi connectivity index (χ0n) is 5.90. The molecular formula is C7H10Cl2Zr. The molecule has 0 atom stereocenters. The van der Waals surface area contributed by atoms with Crippen molar-refractivity contribution in [3.05, 3.63) is 31.2 Å². The van der Waals surface area contributed by atoms with Crippen LogP contribution in [-0.2, 0) is 20.8 Å². The van der Waals surface area contributed by atoms with Crippen LogP contribution in [0.25, 0.3) is 0 Å². The molecule has 0 saturated carbocycles. The number of allylic oxidation sites excluding steroid dienone is 4. The van der Waals surface area contributed by atoms with Crippen LogP contribution >= 0.6 is 17.0 Å². The third-order valence-electron chi connectivity index (χ3n) is 0.586. The van der Waals surface area contributed by atoms with Gasteiger partial charge in [-0.1, -0.05) is 0 Å². The van der Waals surface area contributed by atoms with Crippen molar-refractivity contribution in [3.8, 4) is 0 Å². The molecule has 56 valence electrons. The van der Waals surface area contributed by atoms with Crippen LogP contribution in [0.5, 0.6) is 0 Å². The molecule has 10 heavy (non-hydrogen) atoms. The fourth-order valence-electron chi connectivity index (χ4n) is 0.340. The molecule has 1 rings (SSSR count). The Balaban J connectivity index is 0. The van der Waals surface area contributed by atoms with Gasteiger partial charge in [0.2, 0.25) is 0 Å². The number of halogens is 2. The van der Waals surface area contributed by atoms with Gasteiger partial charge in [0.05, 0.1) is 0 Å². The van der Waals surface area contributed by atoms with Gasteiger partial charge in [-0.25, -0.2) is 12.2 Å². The zero-order chi connectivity index (χ0) is 8.24. The van der Waals surface area contributed by atoms with E-state index in [0.717, 1.165) is 6.42 Å². The summed E-state index contributed by atoms with van der Waals surface area (Å²) in [5.74, 6) is 0. The van der Waals surface area contributed by atoms with Crippen LogP contribution in [0, 0.1) is 13.0 Å². The molecule has 0 nitrogen and oxygen atoms in total. The fraction of sp³-hybridized carbons (Fsp3) is 0.286. The van der Waals surface area contributed by atoms with Crippen molar-refractivity contribution < 1.29 is 20.8 Å². The first-order chi connectivity index (χ1) is 4.91. The first kappa shape index (κ1) is 13.5. The monoisotopic (exact) mass is 254 g/mol. The van der Waals surface area contributed by atoms with Crippen molar-refractivity contribution in [3.63, 3.8) is 0 Å². The maximum atomic E-state index is 4.93. The normalized spacial score (nSPS) is 10.4. The van der Waals surface area contributed by atoms with Gasteiger partial charge in [-0.2, -0.15) is 13.0 Å². The van der Waals surface area contributed by atoms with E-state index in [9.17, 15) is 0 Å². The third-order valence-corrected chi connectivity index (χ3v) is 0.586. The Morgan fingerprint density at radius 2 is 2.00 bits per heavy atom. The zero-order valence-corrected chi connectivity index (χ0v) is 9.87. The minimum absolute atomic E-state index is 0.826. The van der Waals surface area contributed by atoms with E-state index in [4.69, 9.17) is 17.0 Å². The summed E-state index contributed by atoms with van der Waals surface area (Å²) in [7, 11) is 9.87. The van der Waals surface area contributed by atoms with Crippen LogP contribution in [0.3, 0.4) is 0 Å². The second-order valence-electron chi connectivity index (χ2n) is 1.07. The molecule has 0 N–H and O–H groups in total. The van der Waals surface area contributed by atoms with Gasteiger partial charge in [0.25, 0.3) is 0 Å². The summed E-state index contributed by atoms with van der Waals surface area (Å²) in [6, 6.07) is 0. The Labute approximate surface area is 82.0 Å². The van der Waals surface area contributed by atoms with Gasteiger partial charge in [-0.3, -0.25) is 6.08 Å². The van der Waals surface area contributed by atoms with Gasteiger partial charge in [0.1, 0.15) is 0 Å². The Hall–Kier alpha value is 0.943. The number of hydrogen-bond acceptors (Lipinski definition) is 0. The third kappa shape index (κ3) is 16.0. The van der Waals surface area contributed by atoms with Gasteiger partial charge in [0.15, 0.2) is 0 Å². The van der Waals surface area contributed by atoms with E-state index >= 15 is 0 Å². The standard InChI is InChI=1S/C5H5.C2H5.2ClH.Zr/c1-2-4-5-3-1;1-2;;;/h1-3H,4H2;1H2,2H3;2*1H;/q2*-1;;;+4/p-2. The maximum absolute atomic E-state index is 4.93. The Morgan fingerprint density at radius 3 is 2.10 bits per heavy atom. The van der Waals surface area contributed by atoms with E-state index in [0.29, 0.717) is 0 Å². The molecule has 1 aliphatic carbocycles. The molecule has 0 aromatic carbocycles. The predicted octanol–water partition coefficient (Wildman–Crippen LogP) is 3.52. The summed E-state index contributed by atoms with van der Waals surface area (Å²) in [5.41, 5.74) is 0.